The van der Waals surface area contributed by atoms with Gasteiger partial charge in [-0.3, -0.25) is 15.0 Å². The maximum atomic E-state index is 13.6. The molecule has 1 aromatic rings. The van der Waals surface area contributed by atoms with E-state index in [9.17, 15) is 18.0 Å². The molecule has 0 radical (unpaired) electrons. The van der Waals surface area contributed by atoms with Crippen molar-refractivity contribution in [2.24, 2.45) is 0 Å². The van der Waals surface area contributed by atoms with E-state index < -0.39 is 10.2 Å². The second-order valence-corrected chi connectivity index (χ2v) is 14.3. The lowest BCUT2D eigenvalue weighted by atomic mass is 9.91. The van der Waals surface area contributed by atoms with Crippen LogP contribution >= 0.6 is 11.3 Å². The molecule has 3 aliphatic rings. The number of hydrogen-bond acceptors (Lipinski definition) is 7. The molecule has 0 atom stereocenters. The van der Waals surface area contributed by atoms with Gasteiger partial charge >= 0.3 is 6.03 Å². The van der Waals surface area contributed by atoms with Crippen LogP contribution in [0.3, 0.4) is 0 Å². The van der Waals surface area contributed by atoms with Crippen LogP contribution in [0.25, 0.3) is 0 Å². The minimum Gasteiger partial charge on any atom is -0.343 e. The van der Waals surface area contributed by atoms with E-state index in [-0.39, 0.29) is 24.0 Å². The summed E-state index contributed by atoms with van der Waals surface area (Å²) in [5.74, 6) is 0.223. The van der Waals surface area contributed by atoms with Crippen LogP contribution in [0, 0.1) is 0 Å². The summed E-state index contributed by atoms with van der Waals surface area (Å²) in [5, 5.41) is 3.69. The highest BCUT2D eigenvalue weighted by Crippen LogP contribution is 2.30. The third-order valence-electron chi connectivity index (χ3n) is 8.14. The van der Waals surface area contributed by atoms with Crippen LogP contribution in [0.2, 0.25) is 0 Å². The van der Waals surface area contributed by atoms with Crippen molar-refractivity contribution in [2.75, 3.05) is 58.7 Å². The Morgan fingerprint density at radius 3 is 2.26 bits per heavy atom. The Bertz CT molecular complexity index is 1060. The first-order valence-corrected chi connectivity index (χ1v) is 16.6. The van der Waals surface area contributed by atoms with E-state index in [0.29, 0.717) is 57.4 Å². The summed E-state index contributed by atoms with van der Waals surface area (Å²) in [6.07, 6.45) is 10.5. The van der Waals surface area contributed by atoms with Gasteiger partial charge in [-0.2, -0.15) is 17.0 Å². The third-order valence-corrected chi connectivity index (χ3v) is 11.0. The zero-order valence-electron chi connectivity index (χ0n) is 23.7. The van der Waals surface area contributed by atoms with Gasteiger partial charge in [0.05, 0.1) is 0 Å². The van der Waals surface area contributed by atoms with Crippen molar-refractivity contribution in [3.05, 3.63) is 11.1 Å². The van der Waals surface area contributed by atoms with E-state index >= 15 is 0 Å². The SMILES string of the molecule is CCCC(=O)N1CCC(N(C(=O)Nc2ncc(CN3CCN(S(=O)(=O)N(C)C)CC3)s2)C2CCCCC2)CC1. The van der Waals surface area contributed by atoms with Crippen molar-refractivity contribution >= 4 is 38.6 Å². The standard InChI is InChI=1S/C26H45N7O4S2/c1-4-8-24(34)31-13-11-22(12-14-31)33(21-9-6-5-7-10-21)26(35)28-25-27-19-23(38-25)20-30-15-17-32(18-16-30)39(36,37)29(2)3/h19,21-22H,4-18,20H2,1-3H3,(H,27,28,35). The van der Waals surface area contributed by atoms with Gasteiger partial charge in [-0.05, 0) is 32.1 Å². The molecular formula is C26H45N7O4S2. The number of carbonyl (C=O) groups excluding carboxylic acids is 2. The maximum absolute atomic E-state index is 13.6. The Balaban J connectivity index is 1.33. The minimum absolute atomic E-state index is 0.0800. The van der Waals surface area contributed by atoms with E-state index in [2.05, 4.69) is 20.1 Å². The van der Waals surface area contributed by atoms with Crippen molar-refractivity contribution in [1.29, 1.82) is 0 Å². The van der Waals surface area contributed by atoms with Gasteiger partial charge in [-0.1, -0.05) is 26.2 Å². The topological polar surface area (TPSA) is 109 Å². The van der Waals surface area contributed by atoms with Gasteiger partial charge in [0.1, 0.15) is 0 Å². The van der Waals surface area contributed by atoms with Crippen LogP contribution in [0.5, 0.6) is 0 Å². The highest BCUT2D eigenvalue weighted by molar-refractivity contribution is 7.86. The second kappa shape index (κ2) is 13.7. The molecule has 0 aromatic carbocycles. The zero-order valence-corrected chi connectivity index (χ0v) is 25.3. The smallest absolute Gasteiger partial charge is 0.324 e. The largest absolute Gasteiger partial charge is 0.343 e. The Morgan fingerprint density at radius 2 is 1.64 bits per heavy atom. The summed E-state index contributed by atoms with van der Waals surface area (Å²) in [7, 11) is -0.270. The number of thiazole rings is 1. The number of aromatic nitrogens is 1. The number of urea groups is 1. The van der Waals surface area contributed by atoms with Crippen LogP contribution in [-0.4, -0.2) is 114 Å². The summed E-state index contributed by atoms with van der Waals surface area (Å²) in [6.45, 7) is 6.37. The van der Waals surface area contributed by atoms with E-state index in [1.54, 1.807) is 14.1 Å². The molecule has 13 heteroatoms. The molecule has 1 aromatic heterocycles. The number of nitrogens with one attached hydrogen (secondary N) is 1. The molecule has 2 saturated heterocycles. The number of carbonyl (C=O) groups is 2. The van der Waals surface area contributed by atoms with Crippen LogP contribution in [0.4, 0.5) is 9.93 Å². The number of likely N-dealkylation sites (tertiary alicyclic amines) is 1. The molecule has 1 N–H and O–H groups in total. The second-order valence-electron chi connectivity index (χ2n) is 11.1. The molecule has 0 spiro atoms. The molecule has 0 bridgehead atoms. The summed E-state index contributed by atoms with van der Waals surface area (Å²) >= 11 is 1.48. The molecule has 2 aliphatic heterocycles. The third kappa shape index (κ3) is 7.69. The average molecular weight is 584 g/mol. The molecule has 1 saturated carbocycles. The van der Waals surface area contributed by atoms with Crippen molar-refractivity contribution in [1.82, 2.24) is 28.3 Å². The summed E-state index contributed by atoms with van der Waals surface area (Å²) in [5.41, 5.74) is 0. The minimum atomic E-state index is -3.38. The first-order chi connectivity index (χ1) is 18.7. The van der Waals surface area contributed by atoms with Crippen LogP contribution in [0.15, 0.2) is 6.20 Å². The van der Waals surface area contributed by atoms with Crippen molar-refractivity contribution in [2.45, 2.75) is 83.3 Å². The fourth-order valence-corrected chi connectivity index (χ4v) is 7.85. The van der Waals surface area contributed by atoms with Crippen molar-refractivity contribution in [3.63, 3.8) is 0 Å². The number of anilines is 1. The van der Waals surface area contributed by atoms with Gasteiger partial charge in [-0.25, -0.2) is 9.78 Å². The fourth-order valence-electron chi connectivity index (χ4n) is 5.92. The van der Waals surface area contributed by atoms with Crippen LogP contribution < -0.4 is 5.32 Å². The molecule has 4 rings (SSSR count). The predicted molar refractivity (Wildman–Crippen MR) is 154 cm³/mol. The number of piperidine rings is 1. The van der Waals surface area contributed by atoms with Crippen molar-refractivity contribution in [3.8, 4) is 0 Å². The average Bonchev–Trinajstić information content (AvgIpc) is 3.36. The molecule has 39 heavy (non-hydrogen) atoms. The molecule has 3 amide bonds. The monoisotopic (exact) mass is 583 g/mol. The Labute approximate surface area is 237 Å². The number of rotatable bonds is 9. The number of hydrogen-bond donors (Lipinski definition) is 1. The van der Waals surface area contributed by atoms with E-state index in [4.69, 9.17) is 0 Å². The Morgan fingerprint density at radius 1 is 1.00 bits per heavy atom. The lowest BCUT2D eigenvalue weighted by molar-refractivity contribution is -0.132. The van der Waals surface area contributed by atoms with Gasteiger partial charge < -0.3 is 9.80 Å². The van der Waals surface area contributed by atoms with Crippen molar-refractivity contribution < 1.29 is 18.0 Å². The summed E-state index contributed by atoms with van der Waals surface area (Å²) in [4.78, 5) is 37.8. The number of amides is 3. The molecule has 1 aliphatic carbocycles. The lowest BCUT2D eigenvalue weighted by Gasteiger charge is -2.43. The maximum Gasteiger partial charge on any atom is 0.324 e. The normalized spacial score (nSPS) is 20.9. The molecular weight excluding hydrogens is 538 g/mol. The van der Waals surface area contributed by atoms with E-state index in [0.717, 1.165) is 49.8 Å². The summed E-state index contributed by atoms with van der Waals surface area (Å²) in [6, 6.07) is 0.285. The molecule has 11 nitrogen and oxygen atoms in total. The lowest BCUT2D eigenvalue weighted by Crippen LogP contribution is -2.54. The van der Waals surface area contributed by atoms with Gasteiger partial charge in [-0.15, -0.1) is 11.3 Å². The van der Waals surface area contributed by atoms with Gasteiger partial charge in [0.15, 0.2) is 5.13 Å². The molecule has 220 valence electrons. The molecule has 3 fully saturated rings. The summed E-state index contributed by atoms with van der Waals surface area (Å²) < 4.78 is 27.5. The Hall–Kier alpha value is -1.80. The highest BCUT2D eigenvalue weighted by Gasteiger charge is 2.35. The van der Waals surface area contributed by atoms with E-state index in [1.807, 2.05) is 18.0 Å². The molecule has 3 heterocycles. The zero-order chi connectivity index (χ0) is 28.0. The first-order valence-electron chi connectivity index (χ1n) is 14.4. The van der Waals surface area contributed by atoms with Gasteiger partial charge in [0.2, 0.25) is 5.91 Å². The van der Waals surface area contributed by atoms with Gasteiger partial charge in [0.25, 0.3) is 10.2 Å². The van der Waals surface area contributed by atoms with E-state index in [1.165, 1.54) is 26.4 Å². The first kappa shape index (κ1) is 30.2. The van der Waals surface area contributed by atoms with Gasteiger partial charge in [0, 0.05) is 89.5 Å². The predicted octanol–water partition coefficient (Wildman–Crippen LogP) is 3.02. The number of nitrogens with zero attached hydrogens (tertiary/aromatic N) is 6. The number of piperazine rings is 1. The fraction of sp³-hybridized carbons (Fsp3) is 0.808. The quantitative estimate of drug-likeness (QED) is 0.479. The molecule has 0 unspecified atom stereocenters. The Kier molecular flexibility index (Phi) is 10.6. The van der Waals surface area contributed by atoms with Crippen LogP contribution in [0.1, 0.15) is 69.6 Å². The highest BCUT2D eigenvalue weighted by atomic mass is 32.2. The van der Waals surface area contributed by atoms with Crippen LogP contribution in [-0.2, 0) is 21.5 Å².